The Hall–Kier alpha value is -2.13. The topological polar surface area (TPSA) is 37.4 Å². The zero-order valence-electron chi connectivity index (χ0n) is 11.8. The molecule has 4 heteroatoms. The summed E-state index contributed by atoms with van der Waals surface area (Å²) in [6.45, 7) is 4.42. The van der Waals surface area contributed by atoms with Gasteiger partial charge in [0.25, 0.3) is 11.7 Å². The van der Waals surface area contributed by atoms with Crippen molar-refractivity contribution in [3.05, 3.63) is 63.7 Å². The summed E-state index contributed by atoms with van der Waals surface area (Å²) >= 11 is 5.90. The average Bonchev–Trinajstić information content (AvgIpc) is 2.63. The first-order valence-corrected chi connectivity index (χ1v) is 7.06. The smallest absolute Gasteiger partial charge is 0.299 e. The Morgan fingerprint density at radius 3 is 2.33 bits per heavy atom. The van der Waals surface area contributed by atoms with Crippen molar-refractivity contribution in [1.29, 1.82) is 0 Å². The largest absolute Gasteiger partial charge is 0.300 e. The van der Waals surface area contributed by atoms with Crippen LogP contribution in [0.4, 0.5) is 5.69 Å². The first-order valence-electron chi connectivity index (χ1n) is 6.68. The van der Waals surface area contributed by atoms with Gasteiger partial charge in [-0.05, 0) is 37.6 Å². The number of ketones is 1. The van der Waals surface area contributed by atoms with Gasteiger partial charge < -0.3 is 4.90 Å². The zero-order valence-corrected chi connectivity index (χ0v) is 12.6. The summed E-state index contributed by atoms with van der Waals surface area (Å²) in [4.78, 5) is 25.7. The van der Waals surface area contributed by atoms with Crippen LogP contribution in [0.25, 0.3) is 0 Å². The third kappa shape index (κ3) is 2.45. The molecular weight excluding hydrogens is 286 g/mol. The van der Waals surface area contributed by atoms with Crippen LogP contribution in [0.5, 0.6) is 0 Å². The first-order chi connectivity index (χ1) is 9.95. The predicted octanol–water partition coefficient (Wildman–Crippen LogP) is 3.69. The molecule has 0 saturated heterocycles. The minimum atomic E-state index is -0.494. The average molecular weight is 300 g/mol. The van der Waals surface area contributed by atoms with Gasteiger partial charge in [-0.15, -0.1) is 0 Å². The summed E-state index contributed by atoms with van der Waals surface area (Å²) in [6.07, 6.45) is 0. The number of hydrogen-bond acceptors (Lipinski definition) is 2. The monoisotopic (exact) mass is 299 g/mol. The van der Waals surface area contributed by atoms with E-state index in [2.05, 4.69) is 6.07 Å². The molecule has 3 nitrogen and oxygen atoms in total. The Balaban J connectivity index is 2.00. The summed E-state index contributed by atoms with van der Waals surface area (Å²) in [5.74, 6) is -0.983. The predicted molar refractivity (Wildman–Crippen MR) is 82.9 cm³/mol. The maximum absolute atomic E-state index is 12.2. The number of halogens is 1. The number of carbonyl (C=O) groups excluding carboxylic acids is 2. The van der Waals surface area contributed by atoms with Crippen molar-refractivity contribution in [3.63, 3.8) is 0 Å². The number of aryl methyl sites for hydroxylation is 2. The lowest BCUT2D eigenvalue weighted by Gasteiger charge is -2.17. The van der Waals surface area contributed by atoms with E-state index < -0.39 is 11.7 Å². The number of Topliss-reactive ketones (excluding diaryl/α,β-unsaturated/α-hetero) is 1. The first kappa shape index (κ1) is 13.8. The molecule has 3 rings (SSSR count). The van der Waals surface area contributed by atoms with E-state index in [9.17, 15) is 9.59 Å². The standard InChI is InChI=1S/C17H14ClNO2/c1-10-5-11(2)7-12(6-10)9-19-15-4-3-13(18)8-14(15)16(20)17(19)21/h3-8H,9H2,1-2H3. The Kier molecular flexibility index (Phi) is 3.30. The molecule has 106 valence electrons. The lowest BCUT2D eigenvalue weighted by molar-refractivity contribution is -0.114. The molecule has 0 aliphatic carbocycles. The molecule has 0 fully saturated rings. The normalized spacial score (nSPS) is 13.8. The summed E-state index contributed by atoms with van der Waals surface area (Å²) in [6, 6.07) is 11.1. The van der Waals surface area contributed by atoms with Gasteiger partial charge in [0.15, 0.2) is 0 Å². The molecule has 0 aromatic heterocycles. The molecular formula is C17H14ClNO2. The second-order valence-electron chi connectivity index (χ2n) is 5.38. The van der Waals surface area contributed by atoms with E-state index in [0.717, 1.165) is 16.7 Å². The summed E-state index contributed by atoms with van der Waals surface area (Å²) in [5.41, 5.74) is 4.31. The molecule has 0 bridgehead atoms. The van der Waals surface area contributed by atoms with Crippen molar-refractivity contribution >= 4 is 29.0 Å². The maximum Gasteiger partial charge on any atom is 0.299 e. The Bertz CT molecular complexity index is 747. The number of fused-ring (bicyclic) bond motifs is 1. The van der Waals surface area contributed by atoms with Crippen LogP contribution in [0, 0.1) is 13.8 Å². The number of benzene rings is 2. The van der Waals surface area contributed by atoms with Gasteiger partial charge in [-0.25, -0.2) is 0 Å². The molecule has 1 heterocycles. The van der Waals surface area contributed by atoms with Crippen LogP contribution in [0.1, 0.15) is 27.0 Å². The third-order valence-electron chi connectivity index (χ3n) is 3.56. The van der Waals surface area contributed by atoms with Crippen LogP contribution in [-0.2, 0) is 11.3 Å². The maximum atomic E-state index is 12.2. The van der Waals surface area contributed by atoms with Crippen LogP contribution in [0.15, 0.2) is 36.4 Å². The summed E-state index contributed by atoms with van der Waals surface area (Å²) in [5, 5.41) is 0.461. The third-order valence-corrected chi connectivity index (χ3v) is 3.79. The lowest BCUT2D eigenvalue weighted by atomic mass is 10.1. The highest BCUT2D eigenvalue weighted by molar-refractivity contribution is 6.52. The highest BCUT2D eigenvalue weighted by Crippen LogP contribution is 2.32. The van der Waals surface area contributed by atoms with Crippen molar-refractivity contribution in [3.8, 4) is 0 Å². The van der Waals surface area contributed by atoms with Crippen LogP contribution in [-0.4, -0.2) is 11.7 Å². The number of amides is 1. The number of hydrogen-bond donors (Lipinski definition) is 0. The van der Waals surface area contributed by atoms with Gasteiger partial charge in [0.2, 0.25) is 0 Å². The van der Waals surface area contributed by atoms with Crippen molar-refractivity contribution in [2.45, 2.75) is 20.4 Å². The molecule has 0 spiro atoms. The molecule has 0 unspecified atom stereocenters. The molecule has 1 aliphatic heterocycles. The molecule has 0 atom stereocenters. The Labute approximate surface area is 128 Å². The van der Waals surface area contributed by atoms with Crippen LogP contribution < -0.4 is 4.90 Å². The van der Waals surface area contributed by atoms with E-state index in [1.807, 2.05) is 26.0 Å². The lowest BCUT2D eigenvalue weighted by Crippen LogP contribution is -2.29. The molecule has 0 saturated carbocycles. The van der Waals surface area contributed by atoms with Crippen molar-refractivity contribution in [1.82, 2.24) is 0 Å². The fraction of sp³-hybridized carbons (Fsp3) is 0.176. The minimum absolute atomic E-state index is 0.386. The zero-order chi connectivity index (χ0) is 15.1. The van der Waals surface area contributed by atoms with E-state index in [-0.39, 0.29) is 0 Å². The number of anilines is 1. The molecule has 0 radical (unpaired) electrons. The van der Waals surface area contributed by atoms with Gasteiger partial charge in [0.1, 0.15) is 0 Å². The van der Waals surface area contributed by atoms with Gasteiger partial charge in [-0.1, -0.05) is 40.9 Å². The number of carbonyl (C=O) groups is 2. The second kappa shape index (κ2) is 5.01. The molecule has 2 aromatic rings. The van der Waals surface area contributed by atoms with Gasteiger partial charge >= 0.3 is 0 Å². The van der Waals surface area contributed by atoms with E-state index in [1.54, 1.807) is 18.2 Å². The quantitative estimate of drug-likeness (QED) is 0.793. The van der Waals surface area contributed by atoms with Gasteiger partial charge in [0.05, 0.1) is 17.8 Å². The Morgan fingerprint density at radius 1 is 1.00 bits per heavy atom. The van der Waals surface area contributed by atoms with Gasteiger partial charge in [0, 0.05) is 5.02 Å². The second-order valence-corrected chi connectivity index (χ2v) is 5.81. The van der Waals surface area contributed by atoms with Crippen LogP contribution in [0.2, 0.25) is 5.02 Å². The van der Waals surface area contributed by atoms with Gasteiger partial charge in [-0.3, -0.25) is 9.59 Å². The molecule has 1 aliphatic rings. The molecule has 2 aromatic carbocycles. The molecule has 1 amide bonds. The van der Waals surface area contributed by atoms with E-state index in [1.165, 1.54) is 4.90 Å². The summed E-state index contributed by atoms with van der Waals surface area (Å²) in [7, 11) is 0. The van der Waals surface area contributed by atoms with E-state index in [4.69, 9.17) is 11.6 Å². The number of rotatable bonds is 2. The van der Waals surface area contributed by atoms with Crippen molar-refractivity contribution in [2.24, 2.45) is 0 Å². The number of nitrogens with zero attached hydrogens (tertiary/aromatic N) is 1. The fourth-order valence-corrected chi connectivity index (χ4v) is 2.94. The van der Waals surface area contributed by atoms with E-state index >= 15 is 0 Å². The van der Waals surface area contributed by atoms with E-state index in [0.29, 0.717) is 22.8 Å². The van der Waals surface area contributed by atoms with Crippen molar-refractivity contribution < 1.29 is 9.59 Å². The molecule has 21 heavy (non-hydrogen) atoms. The van der Waals surface area contributed by atoms with Crippen LogP contribution >= 0.6 is 11.6 Å². The fourth-order valence-electron chi connectivity index (χ4n) is 2.77. The SMILES string of the molecule is Cc1cc(C)cc(CN2C(=O)C(=O)c3cc(Cl)ccc32)c1. The molecule has 0 N–H and O–H groups in total. The van der Waals surface area contributed by atoms with Crippen LogP contribution in [0.3, 0.4) is 0 Å². The minimum Gasteiger partial charge on any atom is -0.300 e. The Morgan fingerprint density at radius 2 is 1.67 bits per heavy atom. The van der Waals surface area contributed by atoms with Crippen molar-refractivity contribution in [2.75, 3.05) is 4.90 Å². The highest BCUT2D eigenvalue weighted by Gasteiger charge is 2.35. The summed E-state index contributed by atoms with van der Waals surface area (Å²) < 4.78 is 0. The van der Waals surface area contributed by atoms with Gasteiger partial charge in [-0.2, -0.15) is 0 Å². The highest BCUT2D eigenvalue weighted by atomic mass is 35.5.